The largest absolute Gasteiger partial charge is 0.481 e. The topological polar surface area (TPSA) is 114 Å². The van der Waals surface area contributed by atoms with Gasteiger partial charge in [-0.3, -0.25) is 4.98 Å². The lowest BCUT2D eigenvalue weighted by Gasteiger charge is -2.23. The molecule has 2 aliphatic carbocycles. The number of pyridine rings is 2. The number of halogens is 1. The molecule has 7 rings (SSSR count). The van der Waals surface area contributed by atoms with Crippen molar-refractivity contribution in [3.8, 4) is 11.9 Å². The number of aromatic nitrogens is 5. The van der Waals surface area contributed by atoms with Crippen molar-refractivity contribution in [3.05, 3.63) is 76.8 Å². The summed E-state index contributed by atoms with van der Waals surface area (Å²) in [5.41, 5.74) is 4.54. The zero-order valence-corrected chi connectivity index (χ0v) is 26.1. The van der Waals surface area contributed by atoms with Gasteiger partial charge in [-0.05, 0) is 72.2 Å². The predicted molar refractivity (Wildman–Crippen MR) is 173 cm³/mol. The van der Waals surface area contributed by atoms with Crippen molar-refractivity contribution < 1.29 is 4.74 Å². The average Bonchev–Trinajstić information content (AvgIpc) is 3.95. The summed E-state index contributed by atoms with van der Waals surface area (Å²) in [6, 6.07) is 14.0. The quantitative estimate of drug-likeness (QED) is 0.178. The van der Waals surface area contributed by atoms with Crippen LogP contribution in [0.3, 0.4) is 0 Å². The standard InChI is InChI=1S/C34H35ClN8O/c1-33(2,3)19-39-29-20(16-36)17-38-30-26(29)14-22(15-27(30)35)40-31(24-6-5-7-25-23(24)10-13-37-32(25)44-4)28-18-43(42-41-28)34(11-12-34)21-8-9-21/h5-7,10,13-15,17-18,21,31,40H,8-9,11-12,19H2,1-4H3,(H,38,39). The van der Waals surface area contributed by atoms with Crippen LogP contribution in [0.2, 0.25) is 5.02 Å². The number of fused-ring (bicyclic) bond motifs is 2. The van der Waals surface area contributed by atoms with E-state index in [1.165, 1.54) is 12.8 Å². The van der Waals surface area contributed by atoms with Gasteiger partial charge in [0.25, 0.3) is 0 Å². The fraction of sp³-hybridized carbons (Fsp3) is 0.382. The maximum absolute atomic E-state index is 9.94. The van der Waals surface area contributed by atoms with Crippen LogP contribution < -0.4 is 15.4 Å². The zero-order valence-electron chi connectivity index (χ0n) is 25.4. The second-order valence-corrected chi connectivity index (χ2v) is 13.6. The molecule has 10 heteroatoms. The van der Waals surface area contributed by atoms with Gasteiger partial charge in [-0.25, -0.2) is 9.67 Å². The van der Waals surface area contributed by atoms with Gasteiger partial charge in [0.2, 0.25) is 5.88 Å². The number of hydrogen-bond donors (Lipinski definition) is 2. The molecule has 9 nitrogen and oxygen atoms in total. The number of ether oxygens (including phenoxy) is 1. The molecule has 2 fully saturated rings. The Morgan fingerprint density at radius 1 is 1.14 bits per heavy atom. The molecule has 0 aliphatic heterocycles. The molecule has 3 heterocycles. The second kappa shape index (κ2) is 10.6. The van der Waals surface area contributed by atoms with Crippen LogP contribution in [0, 0.1) is 22.7 Å². The van der Waals surface area contributed by atoms with Crippen LogP contribution in [0.1, 0.15) is 69.3 Å². The van der Waals surface area contributed by atoms with Gasteiger partial charge in [0, 0.05) is 35.4 Å². The molecule has 224 valence electrons. The van der Waals surface area contributed by atoms with E-state index in [1.807, 2.05) is 30.3 Å². The third-order valence-electron chi connectivity index (χ3n) is 8.82. The van der Waals surface area contributed by atoms with Gasteiger partial charge in [0.05, 0.1) is 46.7 Å². The Labute approximate surface area is 261 Å². The highest BCUT2D eigenvalue weighted by Crippen LogP contribution is 2.59. The fourth-order valence-electron chi connectivity index (χ4n) is 6.27. The van der Waals surface area contributed by atoms with Crippen LogP contribution in [0.25, 0.3) is 21.7 Å². The van der Waals surface area contributed by atoms with E-state index in [1.54, 1.807) is 19.5 Å². The molecule has 1 atom stereocenters. The van der Waals surface area contributed by atoms with Crippen molar-refractivity contribution >= 4 is 44.7 Å². The monoisotopic (exact) mass is 606 g/mol. The Bertz CT molecular complexity index is 1930. The first-order valence-corrected chi connectivity index (χ1v) is 15.5. The predicted octanol–water partition coefficient (Wildman–Crippen LogP) is 7.47. The number of hydrogen-bond acceptors (Lipinski definition) is 8. The Kier molecular flexibility index (Phi) is 6.85. The number of nitrogens with zero attached hydrogens (tertiary/aromatic N) is 6. The van der Waals surface area contributed by atoms with Gasteiger partial charge in [0.15, 0.2) is 0 Å². The first-order chi connectivity index (χ1) is 21.2. The molecule has 2 N–H and O–H groups in total. The molecule has 0 spiro atoms. The Balaban J connectivity index is 1.36. The van der Waals surface area contributed by atoms with Crippen molar-refractivity contribution in [2.45, 2.75) is 58.0 Å². The number of rotatable bonds is 9. The average molecular weight is 607 g/mol. The Morgan fingerprint density at radius 3 is 2.66 bits per heavy atom. The molecule has 2 aliphatic rings. The minimum Gasteiger partial charge on any atom is -0.481 e. The van der Waals surface area contributed by atoms with Gasteiger partial charge in [-0.2, -0.15) is 5.26 Å². The zero-order chi connectivity index (χ0) is 30.6. The molecule has 5 aromatic rings. The van der Waals surface area contributed by atoms with Gasteiger partial charge in [-0.1, -0.05) is 49.7 Å². The minimum absolute atomic E-state index is 0.00254. The lowest BCUT2D eigenvalue weighted by molar-refractivity contribution is 0.371. The maximum Gasteiger partial charge on any atom is 0.221 e. The van der Waals surface area contributed by atoms with Crippen LogP contribution in [0.4, 0.5) is 11.4 Å². The van der Waals surface area contributed by atoms with Crippen LogP contribution in [-0.2, 0) is 5.54 Å². The fourth-order valence-corrected chi connectivity index (χ4v) is 6.54. The smallest absolute Gasteiger partial charge is 0.221 e. The molecule has 1 unspecified atom stereocenters. The first kappa shape index (κ1) is 28.4. The summed E-state index contributed by atoms with van der Waals surface area (Å²) in [7, 11) is 1.63. The molecule has 0 amide bonds. The van der Waals surface area contributed by atoms with E-state index in [2.05, 4.69) is 69.6 Å². The van der Waals surface area contributed by atoms with Gasteiger partial charge >= 0.3 is 0 Å². The van der Waals surface area contributed by atoms with E-state index in [-0.39, 0.29) is 17.0 Å². The van der Waals surface area contributed by atoms with E-state index in [0.717, 1.165) is 51.6 Å². The maximum atomic E-state index is 9.94. The number of benzene rings is 2. The molecule has 2 saturated carbocycles. The second-order valence-electron chi connectivity index (χ2n) is 13.2. The summed E-state index contributed by atoms with van der Waals surface area (Å²) in [6.45, 7) is 7.13. The summed E-state index contributed by atoms with van der Waals surface area (Å²) in [4.78, 5) is 8.97. The van der Waals surface area contributed by atoms with Crippen molar-refractivity contribution in [1.82, 2.24) is 25.0 Å². The SMILES string of the molecule is COc1nccc2c(C(Nc3cc(Cl)c4ncc(C#N)c(NCC(C)(C)C)c4c3)c3cn(C4(C5CC5)CC4)nn3)cccc12. The molecule has 0 saturated heterocycles. The number of nitriles is 1. The normalized spacial score (nSPS) is 16.5. The van der Waals surface area contributed by atoms with E-state index in [4.69, 9.17) is 21.4 Å². The third kappa shape index (κ3) is 5.07. The number of methoxy groups -OCH3 is 1. The van der Waals surface area contributed by atoms with Crippen molar-refractivity contribution in [1.29, 1.82) is 5.26 Å². The summed E-state index contributed by atoms with van der Waals surface area (Å²) >= 11 is 6.87. The van der Waals surface area contributed by atoms with Crippen molar-refractivity contribution in [2.24, 2.45) is 11.3 Å². The van der Waals surface area contributed by atoms with Crippen LogP contribution in [0.5, 0.6) is 5.88 Å². The molecule has 44 heavy (non-hydrogen) atoms. The summed E-state index contributed by atoms with van der Waals surface area (Å²) in [5, 5.41) is 29.8. The molecular formula is C34H35ClN8O. The van der Waals surface area contributed by atoms with E-state index >= 15 is 0 Å². The van der Waals surface area contributed by atoms with Crippen molar-refractivity contribution in [2.75, 3.05) is 24.3 Å². The molecular weight excluding hydrogens is 572 g/mol. The lowest BCUT2D eigenvalue weighted by atomic mass is 9.96. The van der Waals surface area contributed by atoms with Gasteiger partial charge in [0.1, 0.15) is 11.8 Å². The van der Waals surface area contributed by atoms with E-state index in [0.29, 0.717) is 34.4 Å². The van der Waals surface area contributed by atoms with Gasteiger partial charge in [-0.15, -0.1) is 5.10 Å². The Morgan fingerprint density at radius 2 is 1.95 bits per heavy atom. The summed E-state index contributed by atoms with van der Waals surface area (Å²) in [6.07, 6.45) is 10.3. The number of nitrogens with one attached hydrogen (secondary N) is 2. The molecule has 0 bridgehead atoms. The van der Waals surface area contributed by atoms with Crippen LogP contribution in [-0.4, -0.2) is 38.6 Å². The van der Waals surface area contributed by atoms with Crippen LogP contribution >= 0.6 is 11.6 Å². The lowest BCUT2D eigenvalue weighted by Crippen LogP contribution is -2.20. The number of anilines is 2. The molecule has 3 aromatic heterocycles. The highest BCUT2D eigenvalue weighted by atomic mass is 35.5. The third-order valence-corrected chi connectivity index (χ3v) is 9.11. The van der Waals surface area contributed by atoms with E-state index in [9.17, 15) is 5.26 Å². The minimum atomic E-state index is -0.360. The summed E-state index contributed by atoms with van der Waals surface area (Å²) in [5.74, 6) is 1.26. The molecule has 2 aromatic carbocycles. The first-order valence-electron chi connectivity index (χ1n) is 15.1. The highest BCUT2D eigenvalue weighted by molar-refractivity contribution is 6.35. The summed E-state index contributed by atoms with van der Waals surface area (Å²) < 4.78 is 7.71. The Hall–Kier alpha value is -4.42. The molecule has 0 radical (unpaired) electrons. The highest BCUT2D eigenvalue weighted by Gasteiger charge is 2.56. The van der Waals surface area contributed by atoms with Crippen molar-refractivity contribution in [3.63, 3.8) is 0 Å². The van der Waals surface area contributed by atoms with Gasteiger partial charge < -0.3 is 15.4 Å². The van der Waals surface area contributed by atoms with E-state index < -0.39 is 0 Å². The van der Waals surface area contributed by atoms with Crippen LogP contribution in [0.15, 0.2) is 55.0 Å².